The molecule has 0 radical (unpaired) electrons. The van der Waals surface area contributed by atoms with Crippen LogP contribution in [-0.4, -0.2) is 35.6 Å². The first kappa shape index (κ1) is 15.7. The second-order valence-electron chi connectivity index (χ2n) is 5.44. The molecule has 0 bridgehead atoms. The van der Waals surface area contributed by atoms with E-state index in [1.54, 1.807) is 7.11 Å². The van der Waals surface area contributed by atoms with Gasteiger partial charge in [-0.25, -0.2) is 0 Å². The minimum Gasteiger partial charge on any atom is -0.383 e. The lowest BCUT2D eigenvalue weighted by molar-refractivity contribution is 0.182. The molecular weight excluding hydrogens is 294 g/mol. The van der Waals surface area contributed by atoms with Crippen molar-refractivity contribution >= 4 is 15.9 Å². The van der Waals surface area contributed by atoms with Gasteiger partial charge >= 0.3 is 0 Å². The van der Waals surface area contributed by atoms with Crippen LogP contribution in [0.3, 0.4) is 0 Å². The zero-order valence-corrected chi connectivity index (χ0v) is 13.4. The molecule has 0 spiro atoms. The van der Waals surface area contributed by atoms with Crippen molar-refractivity contribution in [2.75, 3.05) is 20.3 Å². The average Bonchev–Trinajstić information content (AvgIpc) is 2.62. The van der Waals surface area contributed by atoms with E-state index in [2.05, 4.69) is 47.1 Å². The minimum atomic E-state index is 0.188. The Kier molecular flexibility index (Phi) is 6.32. The fourth-order valence-electron chi connectivity index (χ4n) is 1.73. The van der Waals surface area contributed by atoms with E-state index in [-0.39, 0.29) is 5.54 Å². The number of ether oxygens (including phenoxy) is 1. The van der Waals surface area contributed by atoms with Crippen LogP contribution in [0, 0.1) is 0 Å². The van der Waals surface area contributed by atoms with Gasteiger partial charge in [-0.3, -0.25) is 4.68 Å². The molecule has 0 saturated heterocycles. The van der Waals surface area contributed by atoms with Crippen LogP contribution in [0.25, 0.3) is 0 Å². The Morgan fingerprint density at radius 3 is 2.78 bits per heavy atom. The van der Waals surface area contributed by atoms with Gasteiger partial charge in [0, 0.05) is 12.6 Å². The van der Waals surface area contributed by atoms with E-state index in [9.17, 15) is 0 Å². The number of halogens is 1. The Bertz CT molecular complexity index is 358. The highest BCUT2D eigenvalue weighted by atomic mass is 79.9. The molecule has 5 heteroatoms. The van der Waals surface area contributed by atoms with E-state index in [4.69, 9.17) is 4.74 Å². The van der Waals surface area contributed by atoms with E-state index in [1.165, 1.54) is 5.69 Å². The van der Waals surface area contributed by atoms with Crippen molar-refractivity contribution in [1.82, 2.24) is 15.1 Å². The van der Waals surface area contributed by atoms with Gasteiger partial charge < -0.3 is 10.1 Å². The summed E-state index contributed by atoms with van der Waals surface area (Å²) in [6.45, 7) is 9.08. The second-order valence-corrected chi connectivity index (χ2v) is 6.29. The second kappa shape index (κ2) is 7.26. The predicted octanol–water partition coefficient (Wildman–Crippen LogP) is 2.61. The normalized spacial score (nSPS) is 12.1. The first-order valence-corrected chi connectivity index (χ1v) is 7.17. The van der Waals surface area contributed by atoms with Crippen LogP contribution in [0.4, 0.5) is 0 Å². The first-order valence-electron chi connectivity index (χ1n) is 6.38. The third kappa shape index (κ3) is 5.50. The molecule has 0 atom stereocenters. The van der Waals surface area contributed by atoms with Crippen LogP contribution in [0.1, 0.15) is 32.9 Å². The molecule has 0 aromatic carbocycles. The lowest BCUT2D eigenvalue weighted by Gasteiger charge is -2.20. The summed E-state index contributed by atoms with van der Waals surface area (Å²) in [6, 6.07) is 0. The van der Waals surface area contributed by atoms with Gasteiger partial charge in [0.1, 0.15) is 0 Å². The maximum atomic E-state index is 5.09. The maximum Gasteiger partial charge on any atom is 0.0658 e. The number of methoxy groups -OCH3 is 1. The van der Waals surface area contributed by atoms with Gasteiger partial charge in [-0.15, -0.1) is 0 Å². The molecule has 1 rings (SSSR count). The predicted molar refractivity (Wildman–Crippen MR) is 77.9 cm³/mol. The van der Waals surface area contributed by atoms with Crippen molar-refractivity contribution in [3.8, 4) is 0 Å². The third-order valence-electron chi connectivity index (χ3n) is 2.65. The molecule has 1 heterocycles. The van der Waals surface area contributed by atoms with E-state index < -0.39 is 0 Å². The lowest BCUT2D eigenvalue weighted by Crippen LogP contribution is -2.36. The van der Waals surface area contributed by atoms with Crippen LogP contribution in [0.15, 0.2) is 10.7 Å². The summed E-state index contributed by atoms with van der Waals surface area (Å²) in [4.78, 5) is 0. The molecule has 1 aromatic heterocycles. The summed E-state index contributed by atoms with van der Waals surface area (Å²) in [5.74, 6) is 0. The fourth-order valence-corrected chi connectivity index (χ4v) is 2.22. The highest BCUT2D eigenvalue weighted by Gasteiger charge is 2.10. The molecule has 0 aliphatic rings. The molecule has 4 nitrogen and oxygen atoms in total. The van der Waals surface area contributed by atoms with Crippen LogP contribution >= 0.6 is 15.9 Å². The lowest BCUT2D eigenvalue weighted by atomic mass is 10.1. The van der Waals surface area contributed by atoms with Crippen LogP contribution in [0.2, 0.25) is 0 Å². The molecule has 104 valence electrons. The molecule has 1 aromatic rings. The van der Waals surface area contributed by atoms with Crippen molar-refractivity contribution in [1.29, 1.82) is 0 Å². The SMILES string of the molecule is COCCn1ncc(Br)c1CCCNC(C)(C)C. The summed E-state index contributed by atoms with van der Waals surface area (Å²) in [5, 5.41) is 7.85. The third-order valence-corrected chi connectivity index (χ3v) is 3.31. The molecular formula is C13H24BrN3O. The Morgan fingerprint density at radius 2 is 2.17 bits per heavy atom. The number of hydrogen-bond donors (Lipinski definition) is 1. The van der Waals surface area contributed by atoms with Crippen LogP contribution in [-0.2, 0) is 17.7 Å². The van der Waals surface area contributed by atoms with Gasteiger partial charge in [0.2, 0.25) is 0 Å². The highest BCUT2D eigenvalue weighted by molar-refractivity contribution is 9.10. The quantitative estimate of drug-likeness (QED) is 0.786. The number of nitrogens with one attached hydrogen (secondary N) is 1. The van der Waals surface area contributed by atoms with E-state index in [1.807, 2.05) is 10.9 Å². The van der Waals surface area contributed by atoms with Crippen LogP contribution < -0.4 is 5.32 Å². The van der Waals surface area contributed by atoms with Gasteiger partial charge in [0.05, 0.1) is 29.5 Å². The van der Waals surface area contributed by atoms with Gasteiger partial charge in [0.15, 0.2) is 0 Å². The molecule has 0 amide bonds. The summed E-state index contributed by atoms with van der Waals surface area (Å²) >= 11 is 3.56. The van der Waals surface area contributed by atoms with E-state index in [0.717, 1.165) is 30.4 Å². The highest BCUT2D eigenvalue weighted by Crippen LogP contribution is 2.17. The maximum absolute atomic E-state index is 5.09. The smallest absolute Gasteiger partial charge is 0.0658 e. The minimum absolute atomic E-state index is 0.188. The average molecular weight is 318 g/mol. The number of rotatable bonds is 7. The van der Waals surface area contributed by atoms with Crippen LogP contribution in [0.5, 0.6) is 0 Å². The topological polar surface area (TPSA) is 39.1 Å². The van der Waals surface area contributed by atoms with E-state index >= 15 is 0 Å². The first-order chi connectivity index (χ1) is 8.44. The van der Waals surface area contributed by atoms with Crippen molar-refractivity contribution in [3.05, 3.63) is 16.4 Å². The summed E-state index contributed by atoms with van der Waals surface area (Å²) in [5.41, 5.74) is 1.44. The fraction of sp³-hybridized carbons (Fsp3) is 0.769. The molecule has 1 N–H and O–H groups in total. The summed E-state index contributed by atoms with van der Waals surface area (Å²) in [7, 11) is 1.71. The zero-order chi connectivity index (χ0) is 13.6. The molecule has 0 aliphatic carbocycles. The number of hydrogen-bond acceptors (Lipinski definition) is 3. The Hall–Kier alpha value is -0.390. The summed E-state index contributed by atoms with van der Waals surface area (Å²) in [6.07, 6.45) is 3.99. The van der Waals surface area contributed by atoms with Gasteiger partial charge in [-0.05, 0) is 56.1 Å². The molecule has 0 unspecified atom stereocenters. The van der Waals surface area contributed by atoms with Gasteiger partial charge in [-0.1, -0.05) is 0 Å². The van der Waals surface area contributed by atoms with Crippen molar-refractivity contribution in [3.63, 3.8) is 0 Å². The zero-order valence-electron chi connectivity index (χ0n) is 11.8. The Balaban J connectivity index is 2.43. The molecule has 0 fully saturated rings. The Labute approximate surface area is 118 Å². The molecule has 18 heavy (non-hydrogen) atoms. The standard InChI is InChI=1S/C13H24BrN3O/c1-13(2,3)15-7-5-6-12-11(14)10-16-17(12)8-9-18-4/h10,15H,5-9H2,1-4H3. The largest absolute Gasteiger partial charge is 0.383 e. The summed E-state index contributed by atoms with van der Waals surface area (Å²) < 4.78 is 8.20. The number of nitrogens with zero attached hydrogens (tertiary/aromatic N) is 2. The number of aromatic nitrogens is 2. The van der Waals surface area contributed by atoms with Crippen molar-refractivity contribution in [2.45, 2.75) is 45.7 Å². The van der Waals surface area contributed by atoms with Gasteiger partial charge in [-0.2, -0.15) is 5.10 Å². The van der Waals surface area contributed by atoms with Crippen molar-refractivity contribution < 1.29 is 4.74 Å². The molecule has 0 aliphatic heterocycles. The van der Waals surface area contributed by atoms with E-state index in [0.29, 0.717) is 6.61 Å². The monoisotopic (exact) mass is 317 g/mol. The molecule has 0 saturated carbocycles. The Morgan fingerprint density at radius 1 is 1.44 bits per heavy atom. The van der Waals surface area contributed by atoms with Crippen molar-refractivity contribution in [2.24, 2.45) is 0 Å². The van der Waals surface area contributed by atoms with Gasteiger partial charge in [0.25, 0.3) is 0 Å².